The van der Waals surface area contributed by atoms with Crippen molar-refractivity contribution in [2.45, 2.75) is 0 Å². The second kappa shape index (κ2) is 5.84. The maximum atomic E-state index is 9.26. The van der Waals surface area contributed by atoms with Crippen LogP contribution in [0.4, 0.5) is 0 Å². The molecular formula is CH6MgO3S. The summed E-state index contributed by atoms with van der Waals surface area (Å²) in [5.74, 6) is 0. The predicted octanol–water partition coefficient (Wildman–Crippen LogP) is -0.386. The SMILES string of the molecule is COS(=O)O.[H-].[H-].[Mg+2]. The van der Waals surface area contributed by atoms with Crippen molar-refractivity contribution < 1.29 is 15.8 Å². The Balaban J connectivity index is -0.0000000267. The van der Waals surface area contributed by atoms with E-state index in [1.54, 1.807) is 0 Å². The third-order valence-corrected chi connectivity index (χ3v) is 0.428. The van der Waals surface area contributed by atoms with Gasteiger partial charge < -0.3 is 2.85 Å². The molecule has 36 valence electrons. The van der Waals surface area contributed by atoms with Gasteiger partial charge in [0.05, 0.1) is 7.11 Å². The van der Waals surface area contributed by atoms with Crippen LogP contribution >= 0.6 is 0 Å². The van der Waals surface area contributed by atoms with Crippen LogP contribution in [0.25, 0.3) is 0 Å². The first kappa shape index (κ1) is 9.96. The summed E-state index contributed by atoms with van der Waals surface area (Å²) in [6.45, 7) is 0. The van der Waals surface area contributed by atoms with E-state index in [4.69, 9.17) is 4.55 Å². The van der Waals surface area contributed by atoms with Gasteiger partial charge in [0.15, 0.2) is 0 Å². The van der Waals surface area contributed by atoms with E-state index in [0.717, 1.165) is 7.11 Å². The number of hydrogen-bond donors (Lipinski definition) is 1. The summed E-state index contributed by atoms with van der Waals surface area (Å²) in [6, 6.07) is 0. The molecule has 0 aliphatic carbocycles. The third kappa shape index (κ3) is 8.85. The second-order valence-corrected chi connectivity index (χ2v) is 1.15. The van der Waals surface area contributed by atoms with E-state index in [1.807, 2.05) is 0 Å². The summed E-state index contributed by atoms with van der Waals surface area (Å²) in [4.78, 5) is 0. The molecule has 0 saturated carbocycles. The van der Waals surface area contributed by atoms with Crippen LogP contribution < -0.4 is 0 Å². The van der Waals surface area contributed by atoms with E-state index in [9.17, 15) is 4.21 Å². The van der Waals surface area contributed by atoms with Crippen molar-refractivity contribution in [1.82, 2.24) is 0 Å². The van der Waals surface area contributed by atoms with Gasteiger partial charge in [0.25, 0.3) is 0 Å². The molecule has 0 saturated heterocycles. The van der Waals surface area contributed by atoms with Gasteiger partial charge in [0, 0.05) is 0 Å². The Labute approximate surface area is 57.7 Å². The van der Waals surface area contributed by atoms with Gasteiger partial charge >= 0.3 is 34.4 Å². The summed E-state index contributed by atoms with van der Waals surface area (Å²) in [6.07, 6.45) is 0. The molecule has 0 aromatic carbocycles. The van der Waals surface area contributed by atoms with Crippen LogP contribution in [-0.4, -0.2) is 38.9 Å². The monoisotopic (exact) mass is 122 g/mol. The van der Waals surface area contributed by atoms with Gasteiger partial charge in [0.1, 0.15) is 0 Å². The maximum Gasteiger partial charge on any atom is 2.00 e. The zero-order valence-electron chi connectivity index (χ0n) is 5.38. The predicted molar refractivity (Wildman–Crippen MR) is 25.8 cm³/mol. The largest absolute Gasteiger partial charge is 2.00 e. The summed E-state index contributed by atoms with van der Waals surface area (Å²) in [7, 11) is 1.15. The van der Waals surface area contributed by atoms with Crippen molar-refractivity contribution in [1.29, 1.82) is 0 Å². The molecule has 0 aromatic rings. The minimum Gasteiger partial charge on any atom is -1.00 e. The summed E-state index contributed by atoms with van der Waals surface area (Å²) in [5.41, 5.74) is 0. The minimum absolute atomic E-state index is 0. The first-order valence-electron chi connectivity index (χ1n) is 0.924. The Bertz CT molecular complexity index is 52.5. The molecular weight excluding hydrogens is 116 g/mol. The second-order valence-electron chi connectivity index (χ2n) is 0.384. The average Bonchev–Trinajstić information content (AvgIpc) is 1.38. The minimum atomic E-state index is -2.07. The van der Waals surface area contributed by atoms with Crippen molar-refractivity contribution >= 4 is 34.4 Å². The smallest absolute Gasteiger partial charge is 1.00 e. The molecule has 0 amide bonds. The topological polar surface area (TPSA) is 46.5 Å². The molecule has 1 atom stereocenters. The fraction of sp³-hybridized carbons (Fsp3) is 1.00. The van der Waals surface area contributed by atoms with Gasteiger partial charge in [-0.05, 0) is 0 Å². The van der Waals surface area contributed by atoms with Gasteiger partial charge in [-0.1, -0.05) is 0 Å². The molecule has 0 aliphatic rings. The van der Waals surface area contributed by atoms with E-state index in [1.165, 1.54) is 0 Å². The first-order chi connectivity index (χ1) is 2.27. The zero-order valence-corrected chi connectivity index (χ0v) is 5.61. The van der Waals surface area contributed by atoms with E-state index in [0.29, 0.717) is 0 Å². The summed E-state index contributed by atoms with van der Waals surface area (Å²) in [5, 5.41) is 0. The van der Waals surface area contributed by atoms with Crippen LogP contribution in [0, 0.1) is 0 Å². The Kier molecular flexibility index (Phi) is 9.68. The Morgan fingerprint density at radius 2 is 2.17 bits per heavy atom. The molecule has 0 spiro atoms. The van der Waals surface area contributed by atoms with E-state index < -0.39 is 11.4 Å². The fourth-order valence-electron chi connectivity index (χ4n) is 0. The molecule has 0 rings (SSSR count). The maximum absolute atomic E-state index is 9.26. The van der Waals surface area contributed by atoms with Gasteiger partial charge in [0.2, 0.25) is 0 Å². The molecule has 0 heterocycles. The molecule has 0 bridgehead atoms. The van der Waals surface area contributed by atoms with Crippen molar-refractivity contribution in [3.05, 3.63) is 0 Å². The molecule has 3 nitrogen and oxygen atoms in total. The van der Waals surface area contributed by atoms with Crippen LogP contribution in [0.1, 0.15) is 2.85 Å². The van der Waals surface area contributed by atoms with Crippen LogP contribution in [0.3, 0.4) is 0 Å². The summed E-state index contributed by atoms with van der Waals surface area (Å²) < 4.78 is 20.6. The van der Waals surface area contributed by atoms with Crippen molar-refractivity contribution in [3.63, 3.8) is 0 Å². The molecule has 0 radical (unpaired) electrons. The Morgan fingerprint density at radius 3 is 2.17 bits per heavy atom. The fourth-order valence-corrected chi connectivity index (χ4v) is 0. The van der Waals surface area contributed by atoms with Gasteiger partial charge in [-0.3, -0.25) is 8.74 Å². The number of hydrogen-bond acceptors (Lipinski definition) is 2. The molecule has 5 heteroatoms. The zero-order chi connectivity index (χ0) is 4.28. The van der Waals surface area contributed by atoms with Crippen molar-refractivity contribution in [2.75, 3.05) is 7.11 Å². The standard InChI is InChI=1S/CH4O3S.Mg.2H/c1-4-5(2)3;;;/h1H3,(H,2,3);;;/q;+2;2*-1. The van der Waals surface area contributed by atoms with Gasteiger partial charge in [-0.25, -0.2) is 0 Å². The van der Waals surface area contributed by atoms with E-state index in [2.05, 4.69) is 4.18 Å². The third-order valence-electron chi connectivity index (χ3n) is 0.143. The molecule has 0 aliphatic heterocycles. The van der Waals surface area contributed by atoms with Crippen LogP contribution in [-0.2, 0) is 15.5 Å². The molecule has 0 aromatic heterocycles. The van der Waals surface area contributed by atoms with Crippen molar-refractivity contribution in [2.24, 2.45) is 0 Å². The number of rotatable bonds is 1. The Morgan fingerprint density at radius 1 is 2.00 bits per heavy atom. The van der Waals surface area contributed by atoms with Crippen molar-refractivity contribution in [3.8, 4) is 0 Å². The van der Waals surface area contributed by atoms with Crippen LogP contribution in [0.5, 0.6) is 0 Å². The van der Waals surface area contributed by atoms with E-state index in [-0.39, 0.29) is 25.9 Å². The molecule has 0 fully saturated rings. The van der Waals surface area contributed by atoms with Gasteiger partial charge in [-0.15, -0.1) is 0 Å². The van der Waals surface area contributed by atoms with Crippen LogP contribution in [0.15, 0.2) is 0 Å². The first-order valence-corrected chi connectivity index (χ1v) is 1.96. The summed E-state index contributed by atoms with van der Waals surface area (Å²) >= 11 is -2.07. The molecule has 1 N–H and O–H groups in total. The molecule has 6 heavy (non-hydrogen) atoms. The van der Waals surface area contributed by atoms with Gasteiger partial charge in [-0.2, -0.15) is 4.21 Å². The Hall–Kier alpha value is 0.836. The quantitative estimate of drug-likeness (QED) is 0.381. The average molecular weight is 122 g/mol. The van der Waals surface area contributed by atoms with Crippen LogP contribution in [0.2, 0.25) is 0 Å². The molecule has 1 unspecified atom stereocenters. The van der Waals surface area contributed by atoms with E-state index >= 15 is 0 Å². The normalized spacial score (nSPS) is 12.3.